The highest BCUT2D eigenvalue weighted by Gasteiger charge is 1.84. The van der Waals surface area contributed by atoms with E-state index in [0.717, 1.165) is 12.8 Å². The lowest BCUT2D eigenvalue weighted by atomic mass is 10.1. The summed E-state index contributed by atoms with van der Waals surface area (Å²) in [5, 5.41) is 0. The molecule has 71 valence electrons. The van der Waals surface area contributed by atoms with Gasteiger partial charge in [0.1, 0.15) is 0 Å². The molecule has 0 fully saturated rings. The lowest BCUT2D eigenvalue weighted by molar-refractivity contribution is 0.760. The second-order valence-corrected chi connectivity index (χ2v) is 3.36. The van der Waals surface area contributed by atoms with Crippen molar-refractivity contribution in [3.63, 3.8) is 0 Å². The van der Waals surface area contributed by atoms with Crippen LogP contribution in [-0.4, -0.2) is 0 Å². The first kappa shape index (κ1) is 10.3. The number of hydrogen-bond donors (Lipinski definition) is 0. The van der Waals surface area contributed by atoms with Gasteiger partial charge in [0.2, 0.25) is 0 Å². The average Bonchev–Trinajstić information content (AvgIpc) is 2.18. The highest BCUT2D eigenvalue weighted by molar-refractivity contribution is 5.02. The van der Waals surface area contributed by atoms with E-state index < -0.39 is 0 Å². The van der Waals surface area contributed by atoms with Crippen LogP contribution in [0.1, 0.15) is 38.5 Å². The van der Waals surface area contributed by atoms with Gasteiger partial charge in [-0.2, -0.15) is 0 Å². The number of rotatable bonds is 0. The summed E-state index contributed by atoms with van der Waals surface area (Å²) in [6.45, 7) is 0. The maximum Gasteiger partial charge on any atom is -0.0133 e. The largest absolute Gasteiger partial charge is 0.0885 e. The van der Waals surface area contributed by atoms with Gasteiger partial charge in [0.15, 0.2) is 0 Å². The van der Waals surface area contributed by atoms with Crippen molar-refractivity contribution in [2.75, 3.05) is 0 Å². The van der Waals surface area contributed by atoms with Crippen LogP contribution in [-0.2, 0) is 0 Å². The third-order valence-corrected chi connectivity index (χ3v) is 2.14. The number of allylic oxidation sites excluding steroid dienone is 6. The summed E-state index contributed by atoms with van der Waals surface area (Å²) in [4.78, 5) is 0. The van der Waals surface area contributed by atoms with Gasteiger partial charge in [-0.25, -0.2) is 0 Å². The minimum atomic E-state index is 1.08. The number of hydrogen-bond acceptors (Lipinski definition) is 0. The summed E-state index contributed by atoms with van der Waals surface area (Å²) >= 11 is 0. The van der Waals surface area contributed by atoms with Crippen LogP contribution in [0, 0.1) is 6.42 Å². The van der Waals surface area contributed by atoms with Crippen LogP contribution in [0.2, 0.25) is 0 Å². The fourth-order valence-corrected chi connectivity index (χ4v) is 1.36. The first-order valence-electron chi connectivity index (χ1n) is 5.28. The van der Waals surface area contributed by atoms with Crippen molar-refractivity contribution in [2.45, 2.75) is 38.5 Å². The summed E-state index contributed by atoms with van der Waals surface area (Å²) in [7, 11) is 0. The van der Waals surface area contributed by atoms with Gasteiger partial charge in [0, 0.05) is 0 Å². The Morgan fingerprint density at radius 2 is 1.31 bits per heavy atom. The predicted molar refractivity (Wildman–Crippen MR) is 59.4 cm³/mol. The first-order chi connectivity index (χ1) is 6.50. The lowest BCUT2D eigenvalue weighted by Gasteiger charge is -1.92. The zero-order chi connectivity index (χ0) is 9.19. The predicted octanol–water partition coefficient (Wildman–Crippen LogP) is 4.21. The highest BCUT2D eigenvalue weighted by atomic mass is 13.9. The van der Waals surface area contributed by atoms with Crippen molar-refractivity contribution in [3.8, 4) is 0 Å². The van der Waals surface area contributed by atoms with Gasteiger partial charge in [-0.05, 0) is 44.9 Å². The van der Waals surface area contributed by atoms with Crippen LogP contribution in [0.15, 0.2) is 36.5 Å². The fraction of sp³-hybridized carbons (Fsp3) is 0.462. The molecule has 0 aliphatic heterocycles. The molecule has 0 N–H and O–H groups in total. The van der Waals surface area contributed by atoms with Gasteiger partial charge in [0.25, 0.3) is 0 Å². The molecule has 0 heterocycles. The molecule has 1 rings (SSSR count). The van der Waals surface area contributed by atoms with E-state index >= 15 is 0 Å². The Hall–Kier alpha value is -0.780. The van der Waals surface area contributed by atoms with Gasteiger partial charge in [0.05, 0.1) is 0 Å². The van der Waals surface area contributed by atoms with Crippen LogP contribution in [0.5, 0.6) is 0 Å². The van der Waals surface area contributed by atoms with Crippen molar-refractivity contribution in [2.24, 2.45) is 0 Å². The van der Waals surface area contributed by atoms with Crippen molar-refractivity contribution in [3.05, 3.63) is 42.9 Å². The molecule has 13 heavy (non-hydrogen) atoms. The minimum absolute atomic E-state index is 1.08. The fourth-order valence-electron chi connectivity index (χ4n) is 1.36. The molecule has 0 unspecified atom stereocenters. The summed E-state index contributed by atoms with van der Waals surface area (Å²) in [6.07, 6.45) is 23.0. The maximum atomic E-state index is 2.30. The Balaban J connectivity index is 2.28. The molecule has 1 aliphatic carbocycles. The van der Waals surface area contributed by atoms with E-state index in [4.69, 9.17) is 0 Å². The third kappa shape index (κ3) is 6.39. The second kappa shape index (κ2) is 7.85. The van der Waals surface area contributed by atoms with Crippen LogP contribution >= 0.6 is 0 Å². The Labute approximate surface area is 82.0 Å². The molecule has 0 spiro atoms. The minimum Gasteiger partial charge on any atom is -0.0885 e. The normalized spacial score (nSPS) is 20.3. The smallest absolute Gasteiger partial charge is 0.0133 e. The molecule has 0 atom stereocenters. The molecule has 1 aliphatic rings. The average molecular weight is 175 g/mol. The van der Waals surface area contributed by atoms with Crippen LogP contribution in [0.25, 0.3) is 0 Å². The van der Waals surface area contributed by atoms with E-state index in [2.05, 4.69) is 42.9 Å². The zero-order valence-corrected chi connectivity index (χ0v) is 8.28. The standard InChI is InChI=1S/C13H19/c1-2-4-6-8-10-12-13-11-9-7-5-3-1/h1-3,6-9H,4-5,10-13H2. The second-order valence-electron chi connectivity index (χ2n) is 3.36. The molecule has 0 heteroatoms. The molecule has 0 nitrogen and oxygen atoms in total. The molecule has 0 saturated carbocycles. The van der Waals surface area contributed by atoms with E-state index in [0.29, 0.717) is 0 Å². The van der Waals surface area contributed by atoms with Crippen molar-refractivity contribution in [1.82, 2.24) is 0 Å². The molecule has 0 bridgehead atoms. The van der Waals surface area contributed by atoms with Gasteiger partial charge in [-0.15, -0.1) is 0 Å². The van der Waals surface area contributed by atoms with E-state index in [1.54, 1.807) is 0 Å². The first-order valence-corrected chi connectivity index (χ1v) is 5.28. The topological polar surface area (TPSA) is 0 Å². The molecule has 0 saturated heterocycles. The molecular formula is C13H19. The summed E-state index contributed by atoms with van der Waals surface area (Å²) in [6, 6.07) is 0. The Kier molecular flexibility index (Phi) is 6.22. The van der Waals surface area contributed by atoms with Gasteiger partial charge >= 0.3 is 0 Å². The van der Waals surface area contributed by atoms with E-state index in [-0.39, 0.29) is 0 Å². The quantitative estimate of drug-likeness (QED) is 0.484. The van der Waals surface area contributed by atoms with Gasteiger partial charge in [-0.3, -0.25) is 0 Å². The van der Waals surface area contributed by atoms with Crippen LogP contribution < -0.4 is 0 Å². The summed E-state index contributed by atoms with van der Waals surface area (Å²) in [5.74, 6) is 0. The molecular weight excluding hydrogens is 156 g/mol. The Bertz CT molecular complexity index is 184. The van der Waals surface area contributed by atoms with Gasteiger partial charge < -0.3 is 0 Å². The van der Waals surface area contributed by atoms with E-state index in [1.165, 1.54) is 25.7 Å². The Morgan fingerprint density at radius 3 is 2.08 bits per heavy atom. The summed E-state index contributed by atoms with van der Waals surface area (Å²) < 4.78 is 0. The zero-order valence-electron chi connectivity index (χ0n) is 8.28. The molecule has 0 amide bonds. The molecule has 1 radical (unpaired) electrons. The highest BCUT2D eigenvalue weighted by Crippen LogP contribution is 2.04. The van der Waals surface area contributed by atoms with Gasteiger partial charge in [-0.1, -0.05) is 36.5 Å². The van der Waals surface area contributed by atoms with E-state index in [9.17, 15) is 0 Å². The van der Waals surface area contributed by atoms with Crippen molar-refractivity contribution < 1.29 is 0 Å². The van der Waals surface area contributed by atoms with Crippen molar-refractivity contribution in [1.29, 1.82) is 0 Å². The molecule has 0 aromatic heterocycles. The SMILES string of the molecule is [CH]1C=CCC=CCCCCC=CC1. The molecule has 0 aromatic rings. The monoisotopic (exact) mass is 175 g/mol. The summed E-state index contributed by atoms with van der Waals surface area (Å²) in [5.41, 5.74) is 0. The molecule has 0 aromatic carbocycles. The van der Waals surface area contributed by atoms with E-state index in [1.807, 2.05) is 0 Å². The maximum absolute atomic E-state index is 2.30. The lowest BCUT2D eigenvalue weighted by Crippen LogP contribution is -1.72. The van der Waals surface area contributed by atoms with Crippen LogP contribution in [0.4, 0.5) is 0 Å². The third-order valence-electron chi connectivity index (χ3n) is 2.14. The van der Waals surface area contributed by atoms with Crippen molar-refractivity contribution >= 4 is 0 Å². The Morgan fingerprint density at radius 1 is 0.615 bits per heavy atom. The van der Waals surface area contributed by atoms with Crippen LogP contribution in [0.3, 0.4) is 0 Å².